The molecule has 1 aromatic carbocycles. The van der Waals surface area contributed by atoms with Gasteiger partial charge in [0, 0.05) is 31.9 Å². The predicted molar refractivity (Wildman–Crippen MR) is 86.3 cm³/mol. The molecule has 0 aliphatic carbocycles. The van der Waals surface area contributed by atoms with Crippen molar-refractivity contribution in [2.75, 3.05) is 37.2 Å². The third-order valence-electron chi connectivity index (χ3n) is 3.99. The number of halogens is 1. The number of rotatable bonds is 2. The van der Waals surface area contributed by atoms with Crippen LogP contribution >= 0.6 is 0 Å². The van der Waals surface area contributed by atoms with Gasteiger partial charge in [-0.1, -0.05) is 6.07 Å². The Morgan fingerprint density at radius 3 is 2.48 bits per heavy atom. The number of nitrogens with one attached hydrogen (secondary N) is 1. The molecule has 0 atom stereocenters. The molecule has 25 heavy (non-hydrogen) atoms. The number of hydrogen-bond acceptors (Lipinski definition) is 6. The zero-order valence-corrected chi connectivity index (χ0v) is 13.5. The van der Waals surface area contributed by atoms with Gasteiger partial charge in [0.2, 0.25) is 11.5 Å². The van der Waals surface area contributed by atoms with Crippen molar-refractivity contribution < 1.29 is 18.6 Å². The Morgan fingerprint density at radius 1 is 1.20 bits per heavy atom. The van der Waals surface area contributed by atoms with Crippen LogP contribution in [0, 0.1) is 12.7 Å². The first-order chi connectivity index (χ1) is 12.0. The summed E-state index contributed by atoms with van der Waals surface area (Å²) < 4.78 is 18.0. The van der Waals surface area contributed by atoms with Crippen LogP contribution in [0.3, 0.4) is 0 Å². The van der Waals surface area contributed by atoms with E-state index in [0.717, 1.165) is 0 Å². The summed E-state index contributed by atoms with van der Waals surface area (Å²) >= 11 is 0. The van der Waals surface area contributed by atoms with Gasteiger partial charge in [-0.15, -0.1) is 0 Å². The Bertz CT molecular complexity index is 800. The number of nitrogens with two attached hydrogens (primary N) is 1. The van der Waals surface area contributed by atoms with Crippen molar-refractivity contribution >= 4 is 23.4 Å². The maximum Gasteiger partial charge on any atom is 0.321 e. The fraction of sp³-hybridized carbons (Fsp3) is 0.333. The number of anilines is 2. The van der Waals surface area contributed by atoms with E-state index in [0.29, 0.717) is 37.4 Å². The number of carbonyl (C=O) groups excluding carboxylic acids is 2. The highest BCUT2D eigenvalue weighted by Gasteiger charge is 2.28. The highest BCUT2D eigenvalue weighted by molar-refractivity contribution is 5.96. The lowest BCUT2D eigenvalue weighted by Crippen LogP contribution is -2.51. The first-order valence-electron chi connectivity index (χ1n) is 7.65. The summed E-state index contributed by atoms with van der Waals surface area (Å²) in [4.78, 5) is 27.6. The minimum absolute atomic E-state index is 0.0342. The Labute approximate surface area is 142 Å². The highest BCUT2D eigenvalue weighted by atomic mass is 19.1. The molecule has 1 fully saturated rings. The number of hydrogen-bond donors (Lipinski definition) is 2. The molecule has 0 spiro atoms. The van der Waals surface area contributed by atoms with Crippen LogP contribution in [0.2, 0.25) is 0 Å². The second-order valence-corrected chi connectivity index (χ2v) is 5.67. The minimum atomic E-state index is -0.389. The lowest BCUT2D eigenvalue weighted by atomic mass is 10.2. The highest BCUT2D eigenvalue weighted by Crippen LogP contribution is 2.15. The van der Waals surface area contributed by atoms with Crippen molar-refractivity contribution in [3.05, 3.63) is 35.3 Å². The van der Waals surface area contributed by atoms with Gasteiger partial charge in [-0.2, -0.15) is 0 Å². The Hall–Kier alpha value is -3.17. The first kappa shape index (κ1) is 16.7. The molecule has 0 unspecified atom stereocenters. The molecule has 9 nitrogen and oxygen atoms in total. The molecule has 3 N–H and O–H groups in total. The number of nitrogens with zero attached hydrogens (tertiary/aromatic N) is 4. The van der Waals surface area contributed by atoms with Gasteiger partial charge in [-0.05, 0) is 34.9 Å². The number of aryl methyl sites for hydroxylation is 1. The molecular formula is C15H17FN6O3. The van der Waals surface area contributed by atoms with E-state index in [1.165, 1.54) is 11.0 Å². The van der Waals surface area contributed by atoms with Gasteiger partial charge in [0.1, 0.15) is 5.82 Å². The first-order valence-corrected chi connectivity index (χ1v) is 7.65. The van der Waals surface area contributed by atoms with Crippen LogP contribution < -0.4 is 11.1 Å². The lowest BCUT2D eigenvalue weighted by molar-refractivity contribution is 0.0661. The molecule has 1 saturated heterocycles. The summed E-state index contributed by atoms with van der Waals surface area (Å²) in [5.41, 5.74) is 6.37. The number of urea groups is 1. The molecule has 3 amide bonds. The number of carbonyl (C=O) groups is 2. The molecule has 1 aliphatic rings. The van der Waals surface area contributed by atoms with Crippen LogP contribution in [0.15, 0.2) is 22.8 Å². The van der Waals surface area contributed by atoms with Crippen LogP contribution in [0.4, 0.5) is 20.7 Å². The second kappa shape index (κ2) is 6.75. The number of nitrogen functional groups attached to an aromatic ring is 1. The third kappa shape index (κ3) is 3.52. The van der Waals surface area contributed by atoms with Crippen LogP contribution in [-0.4, -0.2) is 58.2 Å². The van der Waals surface area contributed by atoms with Gasteiger partial charge in [-0.3, -0.25) is 4.79 Å². The Morgan fingerprint density at radius 2 is 1.88 bits per heavy atom. The van der Waals surface area contributed by atoms with Crippen molar-refractivity contribution in [2.24, 2.45) is 0 Å². The lowest BCUT2D eigenvalue weighted by Gasteiger charge is -2.34. The van der Waals surface area contributed by atoms with Crippen molar-refractivity contribution in [3.63, 3.8) is 0 Å². The SMILES string of the molecule is Cc1ccc(NC(=O)N2CCN(C(=O)c3nonc3N)CC2)cc1F. The average molecular weight is 348 g/mol. The fourth-order valence-electron chi connectivity index (χ4n) is 2.48. The molecule has 0 saturated carbocycles. The van der Waals surface area contributed by atoms with E-state index < -0.39 is 0 Å². The second-order valence-electron chi connectivity index (χ2n) is 5.67. The topological polar surface area (TPSA) is 118 Å². The zero-order valence-electron chi connectivity index (χ0n) is 13.5. The van der Waals surface area contributed by atoms with E-state index in [-0.39, 0.29) is 29.3 Å². The zero-order chi connectivity index (χ0) is 18.0. The smallest absolute Gasteiger partial charge is 0.321 e. The number of amides is 3. The van der Waals surface area contributed by atoms with Crippen LogP contribution in [0.25, 0.3) is 0 Å². The maximum absolute atomic E-state index is 13.5. The molecule has 10 heteroatoms. The van der Waals surface area contributed by atoms with Crippen molar-refractivity contribution in [2.45, 2.75) is 6.92 Å². The van der Waals surface area contributed by atoms with E-state index in [4.69, 9.17) is 5.73 Å². The van der Waals surface area contributed by atoms with Crippen LogP contribution in [-0.2, 0) is 0 Å². The summed E-state index contributed by atoms with van der Waals surface area (Å²) in [6.07, 6.45) is 0. The van der Waals surface area contributed by atoms with Gasteiger partial charge >= 0.3 is 6.03 Å². The number of piperazine rings is 1. The number of benzene rings is 1. The van der Waals surface area contributed by atoms with E-state index in [1.54, 1.807) is 24.0 Å². The average Bonchev–Trinajstić information content (AvgIpc) is 3.03. The van der Waals surface area contributed by atoms with Gasteiger partial charge in [-0.25, -0.2) is 13.8 Å². The van der Waals surface area contributed by atoms with Crippen molar-refractivity contribution in [1.82, 2.24) is 20.1 Å². The molecule has 2 heterocycles. The minimum Gasteiger partial charge on any atom is -0.379 e. The summed E-state index contributed by atoms with van der Waals surface area (Å²) in [5, 5.41) is 9.51. The predicted octanol–water partition coefficient (Wildman–Crippen LogP) is 1.09. The molecule has 0 bridgehead atoms. The molecule has 2 aromatic rings. The Balaban J connectivity index is 1.56. The molecule has 132 valence electrons. The van der Waals surface area contributed by atoms with Gasteiger partial charge < -0.3 is 20.9 Å². The third-order valence-corrected chi connectivity index (χ3v) is 3.99. The summed E-state index contributed by atoms with van der Waals surface area (Å²) in [7, 11) is 0. The number of aromatic nitrogens is 2. The summed E-state index contributed by atoms with van der Waals surface area (Å²) in [6.45, 7) is 2.95. The molecule has 3 rings (SSSR count). The van der Waals surface area contributed by atoms with Crippen LogP contribution in [0.5, 0.6) is 0 Å². The van der Waals surface area contributed by atoms with E-state index in [2.05, 4.69) is 20.3 Å². The molecule has 1 aliphatic heterocycles. The van der Waals surface area contributed by atoms with Gasteiger partial charge in [0.05, 0.1) is 0 Å². The Kier molecular flexibility index (Phi) is 4.50. The monoisotopic (exact) mass is 348 g/mol. The maximum atomic E-state index is 13.5. The fourth-order valence-corrected chi connectivity index (χ4v) is 2.48. The van der Waals surface area contributed by atoms with Gasteiger partial charge in [0.25, 0.3) is 5.91 Å². The van der Waals surface area contributed by atoms with E-state index >= 15 is 0 Å². The summed E-state index contributed by atoms with van der Waals surface area (Å²) in [6, 6.07) is 4.15. The van der Waals surface area contributed by atoms with Crippen molar-refractivity contribution in [3.8, 4) is 0 Å². The van der Waals surface area contributed by atoms with E-state index in [1.807, 2.05) is 0 Å². The molecular weight excluding hydrogens is 331 g/mol. The standard InChI is InChI=1S/C15H17FN6O3/c1-9-2-3-10(8-11(9)16)18-15(24)22-6-4-21(5-7-22)14(23)12-13(17)20-25-19-12/h2-3,8H,4-7H2,1H3,(H2,17,20)(H,18,24). The largest absolute Gasteiger partial charge is 0.379 e. The summed E-state index contributed by atoms with van der Waals surface area (Å²) in [5.74, 6) is -0.835. The molecule has 1 aromatic heterocycles. The normalized spacial score (nSPS) is 14.5. The van der Waals surface area contributed by atoms with Crippen molar-refractivity contribution in [1.29, 1.82) is 0 Å². The molecule has 0 radical (unpaired) electrons. The quantitative estimate of drug-likeness (QED) is 0.839. The van der Waals surface area contributed by atoms with Crippen LogP contribution in [0.1, 0.15) is 16.1 Å². The van der Waals surface area contributed by atoms with E-state index in [9.17, 15) is 14.0 Å². The van der Waals surface area contributed by atoms with Gasteiger partial charge in [0.15, 0.2) is 0 Å².